The Balaban J connectivity index is 2.12. The van der Waals surface area contributed by atoms with Crippen LogP contribution in [0.15, 0.2) is 30.3 Å². The van der Waals surface area contributed by atoms with Crippen molar-refractivity contribution in [3.63, 3.8) is 0 Å². The van der Waals surface area contributed by atoms with Gasteiger partial charge in [-0.3, -0.25) is 9.59 Å². The summed E-state index contributed by atoms with van der Waals surface area (Å²) in [6, 6.07) is 5.99. The van der Waals surface area contributed by atoms with Gasteiger partial charge in [0, 0.05) is 0 Å². The molecule has 0 fully saturated rings. The standard InChI is InChI=1S/C21H26N4O7/c1-6-31-20(28)13(3)23-18(26)12(2)22-19(27)14-9-7-8-10-15(14)32-21-24-16(29-4)11-17(25-21)30-5/h7-13H,6H2,1-5H3,(H,22,27)(H,23,26)/t12-,13-/m0/s1. The van der Waals surface area contributed by atoms with Gasteiger partial charge in [0.05, 0.1) is 32.5 Å². The van der Waals surface area contributed by atoms with Crippen molar-refractivity contribution >= 4 is 17.8 Å². The molecule has 2 rings (SSSR count). The summed E-state index contributed by atoms with van der Waals surface area (Å²) in [5.41, 5.74) is 0.149. The van der Waals surface area contributed by atoms with Crippen LogP contribution >= 0.6 is 0 Å². The normalized spacial score (nSPS) is 12.2. The Labute approximate surface area is 185 Å². The molecular weight excluding hydrogens is 420 g/mol. The quantitative estimate of drug-likeness (QED) is 0.520. The molecule has 11 heteroatoms. The third-order valence-corrected chi connectivity index (χ3v) is 4.15. The lowest BCUT2D eigenvalue weighted by molar-refractivity contribution is -0.147. The van der Waals surface area contributed by atoms with Gasteiger partial charge < -0.3 is 29.6 Å². The molecule has 0 aliphatic rings. The summed E-state index contributed by atoms with van der Waals surface area (Å²) in [5, 5.41) is 5.06. The van der Waals surface area contributed by atoms with Gasteiger partial charge in [-0.2, -0.15) is 9.97 Å². The zero-order chi connectivity index (χ0) is 23.7. The van der Waals surface area contributed by atoms with E-state index >= 15 is 0 Å². The molecule has 0 bridgehead atoms. The second kappa shape index (κ2) is 11.5. The highest BCUT2D eigenvalue weighted by Crippen LogP contribution is 2.26. The fourth-order valence-corrected chi connectivity index (χ4v) is 2.48. The molecule has 1 aromatic carbocycles. The van der Waals surface area contributed by atoms with Crippen molar-refractivity contribution in [1.82, 2.24) is 20.6 Å². The maximum absolute atomic E-state index is 12.8. The van der Waals surface area contributed by atoms with Crippen molar-refractivity contribution in [3.05, 3.63) is 35.9 Å². The van der Waals surface area contributed by atoms with E-state index < -0.39 is 29.9 Å². The molecule has 2 atom stereocenters. The van der Waals surface area contributed by atoms with Crippen molar-refractivity contribution < 1.29 is 33.3 Å². The van der Waals surface area contributed by atoms with Crippen LogP contribution in [0.4, 0.5) is 0 Å². The summed E-state index contributed by atoms with van der Waals surface area (Å²) in [4.78, 5) is 45.0. The van der Waals surface area contributed by atoms with Crippen molar-refractivity contribution in [1.29, 1.82) is 0 Å². The molecule has 32 heavy (non-hydrogen) atoms. The molecule has 0 saturated heterocycles. The monoisotopic (exact) mass is 446 g/mol. The average molecular weight is 446 g/mol. The molecule has 11 nitrogen and oxygen atoms in total. The number of esters is 1. The number of benzene rings is 1. The van der Waals surface area contributed by atoms with Crippen LogP contribution in [-0.2, 0) is 14.3 Å². The molecule has 0 radical (unpaired) electrons. The first-order valence-corrected chi connectivity index (χ1v) is 9.80. The minimum atomic E-state index is -0.930. The van der Waals surface area contributed by atoms with Gasteiger partial charge in [-0.15, -0.1) is 0 Å². The molecule has 2 N–H and O–H groups in total. The first-order chi connectivity index (χ1) is 15.3. The zero-order valence-corrected chi connectivity index (χ0v) is 18.5. The van der Waals surface area contributed by atoms with Crippen molar-refractivity contribution in [2.75, 3.05) is 20.8 Å². The van der Waals surface area contributed by atoms with Gasteiger partial charge in [-0.1, -0.05) is 12.1 Å². The van der Waals surface area contributed by atoms with E-state index in [1.807, 2.05) is 0 Å². The van der Waals surface area contributed by atoms with Crippen LogP contribution in [0, 0.1) is 0 Å². The third-order valence-electron chi connectivity index (χ3n) is 4.15. The van der Waals surface area contributed by atoms with Crippen LogP contribution in [0.1, 0.15) is 31.1 Å². The van der Waals surface area contributed by atoms with Gasteiger partial charge in [-0.05, 0) is 32.9 Å². The number of carbonyl (C=O) groups excluding carboxylic acids is 3. The summed E-state index contributed by atoms with van der Waals surface area (Å²) >= 11 is 0. The van der Waals surface area contributed by atoms with E-state index in [4.69, 9.17) is 18.9 Å². The van der Waals surface area contributed by atoms with Crippen LogP contribution < -0.4 is 24.8 Å². The smallest absolute Gasteiger partial charge is 0.328 e. The number of carbonyl (C=O) groups is 3. The Bertz CT molecular complexity index is 945. The highest BCUT2D eigenvalue weighted by Gasteiger charge is 2.23. The SMILES string of the molecule is CCOC(=O)[C@H](C)NC(=O)[C@H](C)NC(=O)c1ccccc1Oc1nc(OC)cc(OC)n1. The number of hydrogen-bond donors (Lipinski definition) is 2. The summed E-state index contributed by atoms with van der Waals surface area (Å²) < 4.78 is 20.7. The lowest BCUT2D eigenvalue weighted by atomic mass is 10.1. The molecule has 2 amide bonds. The van der Waals surface area contributed by atoms with Crippen molar-refractivity contribution in [2.24, 2.45) is 0 Å². The summed E-state index contributed by atoms with van der Waals surface area (Å²) in [6.07, 6.45) is 0. The number of amides is 2. The number of methoxy groups -OCH3 is 2. The predicted octanol–water partition coefficient (Wildman–Crippen LogP) is 1.47. The highest BCUT2D eigenvalue weighted by molar-refractivity contribution is 6.00. The Kier molecular flexibility index (Phi) is 8.75. The van der Waals surface area contributed by atoms with E-state index in [0.29, 0.717) is 0 Å². The van der Waals surface area contributed by atoms with E-state index in [-0.39, 0.29) is 35.7 Å². The number of ether oxygens (including phenoxy) is 4. The number of para-hydroxylation sites is 1. The molecule has 172 valence electrons. The predicted molar refractivity (Wildman–Crippen MR) is 113 cm³/mol. The van der Waals surface area contributed by atoms with Crippen molar-refractivity contribution in [2.45, 2.75) is 32.9 Å². The van der Waals surface area contributed by atoms with Crippen molar-refractivity contribution in [3.8, 4) is 23.5 Å². The van der Waals surface area contributed by atoms with Crippen LogP contribution in [0.5, 0.6) is 23.5 Å². The van der Waals surface area contributed by atoms with Gasteiger partial charge >= 0.3 is 12.0 Å². The Morgan fingerprint density at radius 3 is 2.19 bits per heavy atom. The van der Waals surface area contributed by atoms with Gasteiger partial charge in [0.15, 0.2) is 0 Å². The summed E-state index contributed by atoms with van der Waals surface area (Å²) in [7, 11) is 2.87. The second-order valence-electron chi connectivity index (χ2n) is 6.51. The van der Waals surface area contributed by atoms with Gasteiger partial charge in [0.2, 0.25) is 17.7 Å². The molecule has 1 heterocycles. The molecule has 0 aliphatic carbocycles. The first-order valence-electron chi connectivity index (χ1n) is 9.80. The fraction of sp³-hybridized carbons (Fsp3) is 0.381. The van der Waals surface area contributed by atoms with Crippen LogP contribution in [0.2, 0.25) is 0 Å². The van der Waals surface area contributed by atoms with Crippen LogP contribution in [0.3, 0.4) is 0 Å². The molecule has 1 aromatic heterocycles. The van der Waals surface area contributed by atoms with Gasteiger partial charge in [0.1, 0.15) is 17.8 Å². The number of aromatic nitrogens is 2. The Hall–Kier alpha value is -3.89. The molecule has 0 aliphatic heterocycles. The number of hydrogen-bond acceptors (Lipinski definition) is 9. The molecule has 0 spiro atoms. The molecule has 2 aromatic rings. The Morgan fingerprint density at radius 2 is 1.59 bits per heavy atom. The fourth-order valence-electron chi connectivity index (χ4n) is 2.48. The number of nitrogens with one attached hydrogen (secondary N) is 2. The highest BCUT2D eigenvalue weighted by atomic mass is 16.5. The maximum Gasteiger partial charge on any atom is 0.328 e. The molecule has 0 saturated carbocycles. The average Bonchev–Trinajstić information content (AvgIpc) is 2.78. The van der Waals surface area contributed by atoms with E-state index in [1.54, 1.807) is 25.1 Å². The van der Waals surface area contributed by atoms with Gasteiger partial charge in [0.25, 0.3) is 5.91 Å². The largest absolute Gasteiger partial charge is 0.481 e. The first kappa shape index (κ1) is 24.4. The second-order valence-corrected chi connectivity index (χ2v) is 6.51. The number of rotatable bonds is 10. The van der Waals surface area contributed by atoms with Gasteiger partial charge in [-0.25, -0.2) is 4.79 Å². The van der Waals surface area contributed by atoms with Crippen LogP contribution in [-0.4, -0.2) is 60.7 Å². The summed E-state index contributed by atoms with van der Waals surface area (Å²) in [5.74, 6) is -1.08. The maximum atomic E-state index is 12.8. The van der Waals surface area contributed by atoms with E-state index in [9.17, 15) is 14.4 Å². The van der Waals surface area contributed by atoms with E-state index in [0.717, 1.165) is 0 Å². The number of nitrogens with zero attached hydrogens (tertiary/aromatic N) is 2. The zero-order valence-electron chi connectivity index (χ0n) is 18.5. The van der Waals surface area contributed by atoms with Crippen LogP contribution in [0.25, 0.3) is 0 Å². The van der Waals surface area contributed by atoms with E-state index in [1.165, 1.54) is 40.2 Å². The Morgan fingerprint density at radius 1 is 0.969 bits per heavy atom. The minimum absolute atomic E-state index is 0.0875. The topological polar surface area (TPSA) is 138 Å². The lowest BCUT2D eigenvalue weighted by Crippen LogP contribution is -2.49. The minimum Gasteiger partial charge on any atom is -0.481 e. The third kappa shape index (κ3) is 6.56. The summed E-state index contributed by atoms with van der Waals surface area (Å²) in [6.45, 7) is 4.85. The lowest BCUT2D eigenvalue weighted by Gasteiger charge is -2.18. The molecular formula is C21H26N4O7. The molecule has 0 unspecified atom stereocenters. The van der Waals surface area contributed by atoms with E-state index in [2.05, 4.69) is 20.6 Å².